The van der Waals surface area contributed by atoms with E-state index < -0.39 is 14.0 Å². The molecule has 0 aliphatic heterocycles. The van der Waals surface area contributed by atoms with Crippen molar-refractivity contribution in [1.29, 1.82) is 0 Å². The van der Waals surface area contributed by atoms with Crippen LogP contribution in [0.3, 0.4) is 0 Å². The second kappa shape index (κ2) is 9.28. The second-order valence-corrected chi connectivity index (χ2v) is 6.42. The highest BCUT2D eigenvalue weighted by atomic mass is 16.4. The summed E-state index contributed by atoms with van der Waals surface area (Å²) in [6.07, 6.45) is 3.50. The van der Waals surface area contributed by atoms with Gasteiger partial charge in [-0.1, -0.05) is 55.4 Å². The van der Waals surface area contributed by atoms with Crippen LogP contribution < -0.4 is 10.9 Å². The summed E-state index contributed by atoms with van der Waals surface area (Å²) in [6, 6.07) is 22.0. The molecule has 3 aromatic rings. The molecule has 28 heavy (non-hydrogen) atoms. The van der Waals surface area contributed by atoms with Gasteiger partial charge in [0.15, 0.2) is 0 Å². The van der Waals surface area contributed by atoms with Crippen LogP contribution >= 0.6 is 0 Å². The molecule has 0 radical (unpaired) electrons. The Hall–Kier alpha value is -2.99. The van der Waals surface area contributed by atoms with Gasteiger partial charge in [-0.3, -0.25) is 9.98 Å². The van der Waals surface area contributed by atoms with Crippen LogP contribution in [0.25, 0.3) is 0 Å². The van der Waals surface area contributed by atoms with E-state index in [2.05, 4.69) is 9.98 Å². The minimum Gasteiger partial charge on any atom is -0.447 e. The molecule has 0 fully saturated rings. The largest absolute Gasteiger partial charge is 0.488 e. The molecule has 0 saturated carbocycles. The van der Waals surface area contributed by atoms with Gasteiger partial charge in [-0.15, -0.1) is 0 Å². The van der Waals surface area contributed by atoms with Gasteiger partial charge in [-0.2, -0.15) is 0 Å². The maximum atomic E-state index is 9.53. The molecule has 5 nitrogen and oxygen atoms in total. The van der Waals surface area contributed by atoms with Gasteiger partial charge >= 0.3 is 14.0 Å². The quantitative estimate of drug-likeness (QED) is 0.456. The fourth-order valence-corrected chi connectivity index (χ4v) is 2.54. The van der Waals surface area contributed by atoms with Crippen LogP contribution in [0.2, 0.25) is 6.82 Å². The zero-order chi connectivity index (χ0) is 19.9. The predicted molar refractivity (Wildman–Crippen MR) is 117 cm³/mol. The standard InChI is InChI=1S/C21H20B2N2O3/c1-22(26)18-6-2-16(3-7-18)14-24-20-10-12-21(13-11-20)25-15-17-4-8-19(9-5-17)23(27)28/h2-15,26-28H,1H3/b24-14+,25-15+. The third-order valence-electron chi connectivity index (χ3n) is 4.23. The summed E-state index contributed by atoms with van der Waals surface area (Å²) >= 11 is 0. The van der Waals surface area contributed by atoms with Gasteiger partial charge < -0.3 is 15.1 Å². The molecule has 0 amide bonds. The summed E-state index contributed by atoms with van der Waals surface area (Å²) in [7, 11) is -1.46. The van der Waals surface area contributed by atoms with Gasteiger partial charge in [0, 0.05) is 12.4 Å². The number of hydrogen-bond donors (Lipinski definition) is 3. The summed E-state index contributed by atoms with van der Waals surface area (Å²) < 4.78 is 0. The van der Waals surface area contributed by atoms with E-state index in [1.807, 2.05) is 48.5 Å². The molecule has 7 heteroatoms. The third kappa shape index (κ3) is 5.50. The normalized spacial score (nSPS) is 11.3. The van der Waals surface area contributed by atoms with Gasteiger partial charge in [-0.05, 0) is 46.3 Å². The number of aliphatic imine (C=N–C) groups is 2. The molecule has 0 heterocycles. The van der Waals surface area contributed by atoms with E-state index in [1.165, 1.54) is 0 Å². The highest BCUT2D eigenvalue weighted by Gasteiger charge is 2.09. The van der Waals surface area contributed by atoms with Crippen molar-refractivity contribution in [2.24, 2.45) is 9.98 Å². The Morgan fingerprint density at radius 3 is 1.36 bits per heavy atom. The topological polar surface area (TPSA) is 85.4 Å². The van der Waals surface area contributed by atoms with Crippen LogP contribution in [0.1, 0.15) is 11.1 Å². The average molecular weight is 370 g/mol. The van der Waals surface area contributed by atoms with Crippen LogP contribution in [0, 0.1) is 0 Å². The first kappa shape index (κ1) is 19.8. The maximum absolute atomic E-state index is 9.53. The Balaban J connectivity index is 1.62. The maximum Gasteiger partial charge on any atom is 0.488 e. The molecule has 0 unspecified atom stereocenters. The van der Waals surface area contributed by atoms with Gasteiger partial charge in [0.25, 0.3) is 0 Å². The highest BCUT2D eigenvalue weighted by molar-refractivity contribution is 6.64. The first-order valence-electron chi connectivity index (χ1n) is 8.93. The van der Waals surface area contributed by atoms with Crippen molar-refractivity contribution >= 4 is 48.8 Å². The van der Waals surface area contributed by atoms with Crippen molar-refractivity contribution in [3.05, 3.63) is 83.9 Å². The van der Waals surface area contributed by atoms with Crippen molar-refractivity contribution in [2.45, 2.75) is 6.82 Å². The minimum atomic E-state index is -1.46. The first-order valence-corrected chi connectivity index (χ1v) is 8.93. The molecule has 0 bridgehead atoms. The number of hydrogen-bond acceptors (Lipinski definition) is 5. The summed E-state index contributed by atoms with van der Waals surface area (Å²) in [5, 5.41) is 27.7. The van der Waals surface area contributed by atoms with Gasteiger partial charge in [0.2, 0.25) is 0 Å². The Labute approximate surface area is 165 Å². The van der Waals surface area contributed by atoms with E-state index in [9.17, 15) is 5.02 Å². The lowest BCUT2D eigenvalue weighted by Gasteiger charge is -2.01. The lowest BCUT2D eigenvalue weighted by molar-refractivity contribution is 0.426. The van der Waals surface area contributed by atoms with Crippen molar-refractivity contribution < 1.29 is 15.1 Å². The SMILES string of the molecule is CB(O)c1ccc(/C=N/c2ccc(/N=C/c3ccc(B(O)O)cc3)cc2)cc1. The van der Waals surface area contributed by atoms with Crippen LogP contribution in [0.15, 0.2) is 82.8 Å². The molecule has 3 aromatic carbocycles. The number of rotatable bonds is 6. The van der Waals surface area contributed by atoms with E-state index in [0.717, 1.165) is 28.0 Å². The smallest absolute Gasteiger partial charge is 0.447 e. The summed E-state index contributed by atoms with van der Waals surface area (Å²) in [5.41, 5.74) is 4.77. The summed E-state index contributed by atoms with van der Waals surface area (Å²) in [6.45, 7) is 1.26. The molecule has 0 aromatic heterocycles. The molecular weight excluding hydrogens is 350 g/mol. The molecule has 0 aliphatic rings. The van der Waals surface area contributed by atoms with E-state index in [4.69, 9.17) is 10.0 Å². The minimum absolute atomic E-state index is 0.444. The van der Waals surface area contributed by atoms with Crippen molar-refractivity contribution in [2.75, 3.05) is 0 Å². The zero-order valence-corrected chi connectivity index (χ0v) is 15.5. The van der Waals surface area contributed by atoms with E-state index in [0.29, 0.717) is 5.46 Å². The molecule has 3 N–H and O–H groups in total. The number of nitrogens with zero attached hydrogens (tertiary/aromatic N) is 2. The average Bonchev–Trinajstić information content (AvgIpc) is 2.72. The lowest BCUT2D eigenvalue weighted by atomic mass is 9.64. The molecule has 0 spiro atoms. The second-order valence-electron chi connectivity index (χ2n) is 6.42. The Bertz CT molecular complexity index is 872. The van der Waals surface area contributed by atoms with Gasteiger partial charge in [0.1, 0.15) is 0 Å². The van der Waals surface area contributed by atoms with E-state index >= 15 is 0 Å². The molecule has 138 valence electrons. The third-order valence-corrected chi connectivity index (χ3v) is 4.23. The molecular formula is C21H20B2N2O3. The highest BCUT2D eigenvalue weighted by Crippen LogP contribution is 2.18. The van der Waals surface area contributed by atoms with Gasteiger partial charge in [0.05, 0.1) is 11.4 Å². The van der Waals surface area contributed by atoms with Crippen LogP contribution in [-0.2, 0) is 0 Å². The van der Waals surface area contributed by atoms with E-state index in [-0.39, 0.29) is 0 Å². The van der Waals surface area contributed by atoms with Crippen molar-refractivity contribution in [1.82, 2.24) is 0 Å². The fraction of sp³-hybridized carbons (Fsp3) is 0.0476. The monoisotopic (exact) mass is 370 g/mol. The molecule has 0 atom stereocenters. The Morgan fingerprint density at radius 1 is 0.607 bits per heavy atom. The van der Waals surface area contributed by atoms with Crippen molar-refractivity contribution in [3.63, 3.8) is 0 Å². The van der Waals surface area contributed by atoms with Crippen LogP contribution in [0.4, 0.5) is 11.4 Å². The predicted octanol–water partition coefficient (Wildman–Crippen LogP) is 1.69. The first-order chi connectivity index (χ1) is 13.5. The Kier molecular flexibility index (Phi) is 6.55. The lowest BCUT2D eigenvalue weighted by Crippen LogP contribution is -2.29. The summed E-state index contributed by atoms with van der Waals surface area (Å²) in [5.74, 6) is 0. The van der Waals surface area contributed by atoms with E-state index in [1.54, 1.807) is 43.5 Å². The Morgan fingerprint density at radius 2 is 1.00 bits per heavy atom. The van der Waals surface area contributed by atoms with Crippen molar-refractivity contribution in [3.8, 4) is 0 Å². The van der Waals surface area contributed by atoms with Crippen LogP contribution in [0.5, 0.6) is 0 Å². The molecule has 3 rings (SSSR count). The number of benzene rings is 3. The summed E-state index contributed by atoms with van der Waals surface area (Å²) in [4.78, 5) is 8.86. The molecule has 0 saturated heterocycles. The molecule has 0 aliphatic carbocycles. The fourth-order valence-electron chi connectivity index (χ4n) is 2.54. The zero-order valence-electron chi connectivity index (χ0n) is 15.5. The van der Waals surface area contributed by atoms with Crippen LogP contribution in [-0.4, -0.2) is 41.5 Å². The van der Waals surface area contributed by atoms with Gasteiger partial charge in [-0.25, -0.2) is 0 Å².